The number of benzene rings is 1. The molecule has 3 nitrogen and oxygen atoms in total. The Labute approximate surface area is 170 Å². The Kier molecular flexibility index (Phi) is 5.70. The smallest absolute Gasteiger partial charge is 0.222 e. The van der Waals surface area contributed by atoms with Crippen LogP contribution in [0.15, 0.2) is 36.7 Å². The molecule has 2 atom stereocenters. The van der Waals surface area contributed by atoms with Crippen LogP contribution in [0.4, 0.5) is 0 Å². The standard InChI is InChI=1S/C22H24Cl2N2O/c23-20-13-17(16-6-8-25-9-7-16)14-21(24)19(20)12-15-3-1-4-18(11-15)26-10-2-5-22(26)27/h6-9,13-15,18H,1-5,10-12H2. The highest BCUT2D eigenvalue weighted by atomic mass is 35.5. The Morgan fingerprint density at radius 3 is 2.44 bits per heavy atom. The molecule has 0 N–H and O–H groups in total. The largest absolute Gasteiger partial charge is 0.340 e. The molecule has 1 aliphatic heterocycles. The second-order valence-corrected chi connectivity index (χ2v) is 8.55. The normalized spacial score (nSPS) is 23.0. The summed E-state index contributed by atoms with van der Waals surface area (Å²) in [6.45, 7) is 0.929. The maximum Gasteiger partial charge on any atom is 0.222 e. The van der Waals surface area contributed by atoms with E-state index < -0.39 is 0 Å². The zero-order chi connectivity index (χ0) is 18.8. The Morgan fingerprint density at radius 2 is 1.78 bits per heavy atom. The van der Waals surface area contributed by atoms with Gasteiger partial charge < -0.3 is 4.90 Å². The summed E-state index contributed by atoms with van der Waals surface area (Å²) in [6, 6.07) is 8.32. The van der Waals surface area contributed by atoms with Gasteiger partial charge in [-0.3, -0.25) is 9.78 Å². The van der Waals surface area contributed by atoms with Crippen LogP contribution < -0.4 is 0 Å². The van der Waals surface area contributed by atoms with Crippen molar-refractivity contribution in [2.45, 2.75) is 51.0 Å². The van der Waals surface area contributed by atoms with Crippen LogP contribution in [0.3, 0.4) is 0 Å². The molecule has 1 amide bonds. The van der Waals surface area contributed by atoms with Crippen molar-refractivity contribution in [1.29, 1.82) is 0 Å². The van der Waals surface area contributed by atoms with Crippen LogP contribution in [0.2, 0.25) is 10.0 Å². The summed E-state index contributed by atoms with van der Waals surface area (Å²) in [4.78, 5) is 18.3. The number of aromatic nitrogens is 1. The van der Waals surface area contributed by atoms with Gasteiger partial charge in [-0.05, 0) is 79.0 Å². The first-order valence-corrected chi connectivity index (χ1v) is 10.5. The third-order valence-electron chi connectivity index (χ3n) is 5.95. The van der Waals surface area contributed by atoms with E-state index in [0.717, 1.165) is 65.4 Å². The van der Waals surface area contributed by atoms with Gasteiger partial charge in [0, 0.05) is 41.4 Å². The molecular formula is C22H24Cl2N2O. The van der Waals surface area contributed by atoms with Crippen molar-refractivity contribution in [2.24, 2.45) is 5.92 Å². The average molecular weight is 403 g/mol. The fourth-order valence-corrected chi connectivity index (χ4v) is 5.23. The van der Waals surface area contributed by atoms with Crippen molar-refractivity contribution >= 4 is 29.1 Å². The number of hydrogen-bond donors (Lipinski definition) is 0. The molecule has 2 aromatic rings. The maximum absolute atomic E-state index is 12.1. The number of hydrogen-bond acceptors (Lipinski definition) is 2. The van der Waals surface area contributed by atoms with E-state index >= 15 is 0 Å². The van der Waals surface area contributed by atoms with E-state index in [1.165, 1.54) is 12.8 Å². The van der Waals surface area contributed by atoms with Gasteiger partial charge >= 0.3 is 0 Å². The molecule has 2 heterocycles. The number of halogens is 2. The van der Waals surface area contributed by atoms with Crippen molar-refractivity contribution in [3.05, 3.63) is 52.3 Å². The summed E-state index contributed by atoms with van der Waals surface area (Å²) >= 11 is 13.3. The monoisotopic (exact) mass is 402 g/mol. The lowest BCUT2D eigenvalue weighted by molar-refractivity contribution is -0.130. The Balaban J connectivity index is 1.49. The molecule has 1 saturated carbocycles. The lowest BCUT2D eigenvalue weighted by atomic mass is 9.81. The van der Waals surface area contributed by atoms with Gasteiger partial charge in [0.2, 0.25) is 5.91 Å². The maximum atomic E-state index is 12.1. The summed E-state index contributed by atoms with van der Waals surface area (Å²) in [5.74, 6) is 0.859. The number of carbonyl (C=O) groups excluding carboxylic acids is 1. The number of rotatable bonds is 4. The Morgan fingerprint density at radius 1 is 1.04 bits per heavy atom. The zero-order valence-corrected chi connectivity index (χ0v) is 16.8. The third-order valence-corrected chi connectivity index (χ3v) is 6.63. The lowest BCUT2D eigenvalue weighted by Gasteiger charge is -2.35. The molecule has 0 bridgehead atoms. The van der Waals surface area contributed by atoms with Crippen molar-refractivity contribution < 1.29 is 4.79 Å². The van der Waals surface area contributed by atoms with Crippen molar-refractivity contribution in [3.63, 3.8) is 0 Å². The van der Waals surface area contributed by atoms with Gasteiger partial charge in [-0.25, -0.2) is 0 Å². The Hall–Kier alpha value is -1.58. The highest BCUT2D eigenvalue weighted by molar-refractivity contribution is 6.36. The van der Waals surface area contributed by atoms with Crippen molar-refractivity contribution in [1.82, 2.24) is 9.88 Å². The number of carbonyl (C=O) groups is 1. The lowest BCUT2D eigenvalue weighted by Crippen LogP contribution is -2.39. The van der Waals surface area contributed by atoms with E-state index in [9.17, 15) is 4.79 Å². The van der Waals surface area contributed by atoms with Gasteiger partial charge in [-0.2, -0.15) is 0 Å². The molecule has 1 aromatic carbocycles. The number of likely N-dealkylation sites (tertiary alicyclic amines) is 1. The molecule has 5 heteroatoms. The van der Waals surface area contributed by atoms with Gasteiger partial charge in [0.25, 0.3) is 0 Å². The molecule has 0 radical (unpaired) electrons. The summed E-state index contributed by atoms with van der Waals surface area (Å²) in [6.07, 6.45) is 10.7. The highest BCUT2D eigenvalue weighted by Gasteiger charge is 2.32. The second-order valence-electron chi connectivity index (χ2n) is 7.74. The van der Waals surface area contributed by atoms with E-state index in [2.05, 4.69) is 9.88 Å². The van der Waals surface area contributed by atoms with Gasteiger partial charge in [0.1, 0.15) is 0 Å². The van der Waals surface area contributed by atoms with Crippen LogP contribution in [0.25, 0.3) is 11.1 Å². The fraction of sp³-hybridized carbons (Fsp3) is 0.455. The van der Waals surface area contributed by atoms with Crippen LogP contribution in [0.5, 0.6) is 0 Å². The van der Waals surface area contributed by atoms with Gasteiger partial charge in [0.15, 0.2) is 0 Å². The molecule has 0 spiro atoms. The molecule has 2 unspecified atom stereocenters. The SMILES string of the molecule is O=C1CCCN1C1CCCC(Cc2c(Cl)cc(-c3ccncc3)cc2Cl)C1. The average Bonchev–Trinajstić information content (AvgIpc) is 3.11. The van der Waals surface area contributed by atoms with Crippen LogP contribution in [-0.2, 0) is 11.2 Å². The molecule has 1 saturated heterocycles. The molecule has 4 rings (SSSR count). The van der Waals surface area contributed by atoms with Gasteiger partial charge in [-0.15, -0.1) is 0 Å². The van der Waals surface area contributed by atoms with E-state index in [1.54, 1.807) is 12.4 Å². The molecule has 27 heavy (non-hydrogen) atoms. The van der Waals surface area contributed by atoms with Crippen LogP contribution in [0, 0.1) is 5.92 Å². The minimum absolute atomic E-state index is 0.332. The molecule has 2 fully saturated rings. The highest BCUT2D eigenvalue weighted by Crippen LogP contribution is 2.37. The number of amides is 1. The van der Waals surface area contributed by atoms with Crippen LogP contribution in [0.1, 0.15) is 44.1 Å². The van der Waals surface area contributed by atoms with E-state index in [1.807, 2.05) is 24.3 Å². The topological polar surface area (TPSA) is 33.2 Å². The minimum Gasteiger partial charge on any atom is -0.340 e. The van der Waals surface area contributed by atoms with Crippen molar-refractivity contribution in [2.75, 3.05) is 6.54 Å². The zero-order valence-electron chi connectivity index (χ0n) is 15.3. The molecular weight excluding hydrogens is 379 g/mol. The summed E-state index contributed by atoms with van der Waals surface area (Å²) in [5.41, 5.74) is 3.11. The fourth-order valence-electron chi connectivity index (χ4n) is 4.58. The predicted octanol–water partition coefficient (Wildman–Crippen LogP) is 5.78. The third kappa shape index (κ3) is 4.14. The molecule has 2 aliphatic rings. The minimum atomic E-state index is 0.332. The molecule has 1 aliphatic carbocycles. The van der Waals surface area contributed by atoms with Gasteiger partial charge in [-0.1, -0.05) is 29.6 Å². The van der Waals surface area contributed by atoms with Crippen molar-refractivity contribution in [3.8, 4) is 11.1 Å². The number of nitrogens with zero attached hydrogens (tertiary/aromatic N) is 2. The summed E-state index contributed by atoms with van der Waals surface area (Å²) < 4.78 is 0. The van der Waals surface area contributed by atoms with Gasteiger partial charge in [0.05, 0.1) is 0 Å². The first kappa shape index (κ1) is 18.8. The quantitative estimate of drug-likeness (QED) is 0.649. The number of pyridine rings is 1. The predicted molar refractivity (Wildman–Crippen MR) is 110 cm³/mol. The molecule has 142 valence electrons. The van der Waals surface area contributed by atoms with E-state index in [4.69, 9.17) is 23.2 Å². The summed E-state index contributed by atoms with van der Waals surface area (Å²) in [5, 5.41) is 1.46. The summed E-state index contributed by atoms with van der Waals surface area (Å²) in [7, 11) is 0. The van der Waals surface area contributed by atoms with E-state index in [-0.39, 0.29) is 0 Å². The van der Waals surface area contributed by atoms with E-state index in [0.29, 0.717) is 17.9 Å². The molecule has 1 aromatic heterocycles. The van der Waals surface area contributed by atoms with Crippen LogP contribution in [-0.4, -0.2) is 28.4 Å². The Bertz CT molecular complexity index is 801. The van der Waals surface area contributed by atoms with Crippen LogP contribution >= 0.6 is 23.2 Å². The first-order valence-electron chi connectivity index (χ1n) is 9.79. The first-order chi connectivity index (χ1) is 13.1. The second kappa shape index (κ2) is 8.20.